The van der Waals surface area contributed by atoms with Crippen LogP contribution in [0.5, 0.6) is 5.75 Å². The van der Waals surface area contributed by atoms with Gasteiger partial charge in [-0.25, -0.2) is 0 Å². The molecule has 4 heteroatoms. The van der Waals surface area contributed by atoms with E-state index < -0.39 is 0 Å². The molecule has 0 radical (unpaired) electrons. The largest absolute Gasteiger partial charge is 0.494 e. The molecule has 1 N–H and O–H groups in total. The molecule has 20 heavy (non-hydrogen) atoms. The maximum absolute atomic E-state index is 6.17. The van der Waals surface area contributed by atoms with E-state index in [0.29, 0.717) is 11.6 Å². The van der Waals surface area contributed by atoms with E-state index in [1.807, 2.05) is 38.2 Å². The Labute approximate surface area is 133 Å². The first-order valence-electron chi connectivity index (χ1n) is 6.50. The lowest BCUT2D eigenvalue weighted by Crippen LogP contribution is -2.17. The van der Waals surface area contributed by atoms with Crippen LogP contribution in [0.3, 0.4) is 0 Å². The normalized spacial score (nSPS) is 12.2. The van der Waals surface area contributed by atoms with Crippen LogP contribution in [0.1, 0.15) is 24.1 Å². The summed E-state index contributed by atoms with van der Waals surface area (Å²) >= 11 is 9.59. The highest BCUT2D eigenvalue weighted by Crippen LogP contribution is 2.29. The van der Waals surface area contributed by atoms with Crippen LogP contribution in [0, 0.1) is 0 Å². The SMILES string of the molecule is CCOc1ccc(C(NC)c2ccc(Br)c(Cl)c2)cc1. The molecule has 0 aromatic heterocycles. The molecule has 1 unspecified atom stereocenters. The van der Waals surface area contributed by atoms with Crippen molar-refractivity contribution in [2.24, 2.45) is 0 Å². The van der Waals surface area contributed by atoms with Crippen molar-refractivity contribution in [2.45, 2.75) is 13.0 Å². The topological polar surface area (TPSA) is 21.3 Å². The van der Waals surface area contributed by atoms with E-state index in [2.05, 4.69) is 39.4 Å². The van der Waals surface area contributed by atoms with Gasteiger partial charge in [-0.2, -0.15) is 0 Å². The predicted octanol–water partition coefficient (Wildman–Crippen LogP) is 4.81. The van der Waals surface area contributed by atoms with Crippen LogP contribution in [0.25, 0.3) is 0 Å². The summed E-state index contributed by atoms with van der Waals surface area (Å²) < 4.78 is 6.37. The minimum Gasteiger partial charge on any atom is -0.494 e. The molecule has 0 aliphatic carbocycles. The van der Waals surface area contributed by atoms with Gasteiger partial charge in [0.05, 0.1) is 17.7 Å². The molecular formula is C16H17BrClNO. The van der Waals surface area contributed by atoms with Gasteiger partial charge in [0.2, 0.25) is 0 Å². The van der Waals surface area contributed by atoms with E-state index in [-0.39, 0.29) is 6.04 Å². The average Bonchev–Trinajstić information content (AvgIpc) is 2.46. The zero-order valence-corrected chi connectivity index (χ0v) is 13.8. The first kappa shape index (κ1) is 15.4. The monoisotopic (exact) mass is 353 g/mol. The summed E-state index contributed by atoms with van der Waals surface area (Å²) in [4.78, 5) is 0. The standard InChI is InChI=1S/C16H17BrClNO/c1-3-20-13-7-4-11(5-8-13)16(19-2)12-6-9-14(17)15(18)10-12/h4-10,16,19H,3H2,1-2H3. The highest BCUT2D eigenvalue weighted by Gasteiger charge is 2.13. The Balaban J connectivity index is 2.29. The first-order valence-corrected chi connectivity index (χ1v) is 7.67. The fourth-order valence-corrected chi connectivity index (χ4v) is 2.58. The number of hydrogen-bond donors (Lipinski definition) is 1. The Morgan fingerprint density at radius 1 is 1.15 bits per heavy atom. The minimum atomic E-state index is 0.108. The minimum absolute atomic E-state index is 0.108. The maximum atomic E-state index is 6.17. The molecule has 0 amide bonds. The summed E-state index contributed by atoms with van der Waals surface area (Å²) in [5, 5.41) is 4.03. The van der Waals surface area contributed by atoms with Crippen LogP contribution in [0.4, 0.5) is 0 Å². The molecule has 0 aliphatic heterocycles. The lowest BCUT2D eigenvalue weighted by Gasteiger charge is -2.18. The molecule has 1 atom stereocenters. The Morgan fingerprint density at radius 2 is 1.80 bits per heavy atom. The molecule has 2 rings (SSSR count). The number of halogens is 2. The van der Waals surface area contributed by atoms with Crippen molar-refractivity contribution < 1.29 is 4.74 Å². The summed E-state index contributed by atoms with van der Waals surface area (Å²) in [6.45, 7) is 2.66. The van der Waals surface area contributed by atoms with Crippen molar-refractivity contribution in [3.8, 4) is 5.75 Å². The van der Waals surface area contributed by atoms with Gasteiger partial charge in [-0.05, 0) is 65.3 Å². The molecule has 0 saturated carbocycles. The molecule has 0 aliphatic rings. The second-order valence-corrected chi connectivity index (χ2v) is 5.66. The van der Waals surface area contributed by atoms with Crippen LogP contribution < -0.4 is 10.1 Å². The summed E-state index contributed by atoms with van der Waals surface area (Å²) in [5.74, 6) is 0.889. The predicted molar refractivity (Wildman–Crippen MR) is 87.7 cm³/mol. The summed E-state index contributed by atoms with van der Waals surface area (Å²) in [5.41, 5.74) is 2.30. The quantitative estimate of drug-likeness (QED) is 0.832. The molecular weight excluding hydrogens is 338 g/mol. The Kier molecular flexibility index (Phi) is 5.46. The molecule has 0 heterocycles. The van der Waals surface area contributed by atoms with E-state index in [1.165, 1.54) is 5.56 Å². The van der Waals surface area contributed by atoms with Crippen molar-refractivity contribution in [1.29, 1.82) is 0 Å². The smallest absolute Gasteiger partial charge is 0.119 e. The van der Waals surface area contributed by atoms with Crippen LogP contribution in [-0.2, 0) is 0 Å². The molecule has 0 fully saturated rings. The van der Waals surface area contributed by atoms with Crippen molar-refractivity contribution in [2.75, 3.05) is 13.7 Å². The number of hydrogen-bond acceptors (Lipinski definition) is 2. The lowest BCUT2D eigenvalue weighted by atomic mass is 9.99. The fraction of sp³-hybridized carbons (Fsp3) is 0.250. The van der Waals surface area contributed by atoms with Crippen LogP contribution in [0.15, 0.2) is 46.9 Å². The van der Waals surface area contributed by atoms with Gasteiger partial charge in [0.25, 0.3) is 0 Å². The van der Waals surface area contributed by atoms with Crippen molar-refractivity contribution >= 4 is 27.5 Å². The maximum Gasteiger partial charge on any atom is 0.119 e. The van der Waals surface area contributed by atoms with Gasteiger partial charge in [0.1, 0.15) is 5.75 Å². The van der Waals surface area contributed by atoms with Crippen molar-refractivity contribution in [3.63, 3.8) is 0 Å². The second kappa shape index (κ2) is 7.11. The average molecular weight is 355 g/mol. The van der Waals surface area contributed by atoms with E-state index >= 15 is 0 Å². The molecule has 0 bridgehead atoms. The number of nitrogens with one attached hydrogen (secondary N) is 1. The van der Waals surface area contributed by atoms with Crippen molar-refractivity contribution in [3.05, 3.63) is 63.1 Å². The molecule has 0 saturated heterocycles. The van der Waals surface area contributed by atoms with Gasteiger partial charge in [0.15, 0.2) is 0 Å². The third kappa shape index (κ3) is 3.54. The fourth-order valence-electron chi connectivity index (χ4n) is 2.14. The summed E-state index contributed by atoms with van der Waals surface area (Å²) in [7, 11) is 1.94. The Hall–Kier alpha value is -1.03. The van der Waals surface area contributed by atoms with E-state index in [4.69, 9.17) is 16.3 Å². The third-order valence-corrected chi connectivity index (χ3v) is 4.32. The molecule has 2 aromatic carbocycles. The van der Waals surface area contributed by atoms with Gasteiger partial charge in [-0.3, -0.25) is 0 Å². The van der Waals surface area contributed by atoms with E-state index in [9.17, 15) is 0 Å². The zero-order valence-electron chi connectivity index (χ0n) is 11.5. The van der Waals surface area contributed by atoms with Crippen LogP contribution in [-0.4, -0.2) is 13.7 Å². The summed E-state index contributed by atoms with van der Waals surface area (Å²) in [6, 6.07) is 14.2. The van der Waals surface area contributed by atoms with Crippen LogP contribution >= 0.6 is 27.5 Å². The van der Waals surface area contributed by atoms with Crippen LogP contribution in [0.2, 0.25) is 5.02 Å². The highest BCUT2D eigenvalue weighted by atomic mass is 79.9. The highest BCUT2D eigenvalue weighted by molar-refractivity contribution is 9.10. The van der Waals surface area contributed by atoms with Gasteiger partial charge >= 0.3 is 0 Å². The molecule has 2 nitrogen and oxygen atoms in total. The molecule has 106 valence electrons. The number of benzene rings is 2. The van der Waals surface area contributed by atoms with Gasteiger partial charge in [-0.1, -0.05) is 29.8 Å². The number of ether oxygens (including phenoxy) is 1. The van der Waals surface area contributed by atoms with Crippen molar-refractivity contribution in [1.82, 2.24) is 5.32 Å². The molecule has 0 spiro atoms. The lowest BCUT2D eigenvalue weighted by molar-refractivity contribution is 0.340. The third-order valence-electron chi connectivity index (χ3n) is 3.09. The molecule has 2 aromatic rings. The van der Waals surface area contributed by atoms with Gasteiger partial charge in [-0.15, -0.1) is 0 Å². The zero-order chi connectivity index (χ0) is 14.5. The second-order valence-electron chi connectivity index (χ2n) is 4.40. The van der Waals surface area contributed by atoms with E-state index in [1.54, 1.807) is 0 Å². The van der Waals surface area contributed by atoms with Gasteiger partial charge in [0, 0.05) is 4.47 Å². The Bertz CT molecular complexity index is 571. The van der Waals surface area contributed by atoms with Gasteiger partial charge < -0.3 is 10.1 Å². The first-order chi connectivity index (χ1) is 9.65. The summed E-state index contributed by atoms with van der Waals surface area (Å²) in [6.07, 6.45) is 0. The van der Waals surface area contributed by atoms with E-state index in [0.717, 1.165) is 15.8 Å². The Morgan fingerprint density at radius 3 is 2.35 bits per heavy atom. The number of rotatable bonds is 5.